The minimum Gasteiger partial charge on any atom is -0.491 e. The van der Waals surface area contributed by atoms with E-state index < -0.39 is 34.8 Å². The molecule has 1 aliphatic carbocycles. The lowest BCUT2D eigenvalue weighted by atomic mass is 9.93. The van der Waals surface area contributed by atoms with Gasteiger partial charge < -0.3 is 4.74 Å². The predicted octanol–water partition coefficient (Wildman–Crippen LogP) is 5.73. The van der Waals surface area contributed by atoms with Gasteiger partial charge in [-0.2, -0.15) is 17.6 Å². The summed E-state index contributed by atoms with van der Waals surface area (Å²) < 4.78 is 87.3. The van der Waals surface area contributed by atoms with Crippen molar-refractivity contribution in [3.8, 4) is 0 Å². The van der Waals surface area contributed by atoms with E-state index in [9.17, 15) is 26.3 Å². The minimum atomic E-state index is -4.44. The quantitative estimate of drug-likeness (QED) is 0.463. The number of benzene rings is 1. The highest BCUT2D eigenvalue weighted by Gasteiger charge is 2.62. The third-order valence-corrected chi connectivity index (χ3v) is 4.13. The highest BCUT2D eigenvalue weighted by Crippen LogP contribution is 2.48. The van der Waals surface area contributed by atoms with Crippen LogP contribution in [0, 0.1) is 18.6 Å². The van der Waals surface area contributed by atoms with Gasteiger partial charge in [0, 0.05) is 5.57 Å². The van der Waals surface area contributed by atoms with Crippen molar-refractivity contribution < 1.29 is 31.1 Å². The lowest BCUT2D eigenvalue weighted by Crippen LogP contribution is -2.45. The van der Waals surface area contributed by atoms with E-state index in [1.54, 1.807) is 0 Å². The molecule has 0 aromatic heterocycles. The van der Waals surface area contributed by atoms with Gasteiger partial charge in [0.25, 0.3) is 0 Å². The molecule has 0 unspecified atom stereocenters. The summed E-state index contributed by atoms with van der Waals surface area (Å²) in [6.45, 7) is 2.47. The number of hydrogen-bond donors (Lipinski definition) is 0. The van der Waals surface area contributed by atoms with Gasteiger partial charge in [-0.05, 0) is 43.4 Å². The van der Waals surface area contributed by atoms with Crippen LogP contribution in [0.2, 0.25) is 0 Å². The van der Waals surface area contributed by atoms with Crippen LogP contribution in [-0.4, -0.2) is 18.5 Å². The average molecular weight is 364 g/mol. The summed E-state index contributed by atoms with van der Waals surface area (Å²) in [5.74, 6) is -11.8. The Balaban J connectivity index is 1.99. The highest BCUT2D eigenvalue weighted by atomic mass is 19.3. The number of allylic oxidation sites excluding steroid dienone is 4. The lowest BCUT2D eigenvalue weighted by molar-refractivity contribution is -0.186. The van der Waals surface area contributed by atoms with Gasteiger partial charge in [0.15, 0.2) is 17.4 Å². The van der Waals surface area contributed by atoms with E-state index in [2.05, 4.69) is 0 Å². The Hall–Kier alpha value is -1.92. The van der Waals surface area contributed by atoms with Gasteiger partial charge in [0.2, 0.25) is 0 Å². The fraction of sp³-hybridized carbons (Fsp3) is 0.444. The second-order valence-electron chi connectivity index (χ2n) is 5.85. The van der Waals surface area contributed by atoms with Gasteiger partial charge in [-0.1, -0.05) is 25.1 Å². The van der Waals surface area contributed by atoms with Crippen LogP contribution in [0.25, 0.3) is 0 Å². The first-order valence-electron chi connectivity index (χ1n) is 7.86. The fourth-order valence-electron chi connectivity index (χ4n) is 2.54. The van der Waals surface area contributed by atoms with E-state index in [4.69, 9.17) is 4.74 Å². The molecule has 25 heavy (non-hydrogen) atoms. The Morgan fingerprint density at radius 3 is 2.28 bits per heavy atom. The molecule has 0 radical (unpaired) electrons. The van der Waals surface area contributed by atoms with Crippen LogP contribution in [0.15, 0.2) is 35.6 Å². The van der Waals surface area contributed by atoms with Gasteiger partial charge >= 0.3 is 11.8 Å². The topological polar surface area (TPSA) is 9.23 Å². The number of rotatable bonds is 6. The van der Waals surface area contributed by atoms with Crippen molar-refractivity contribution in [1.29, 1.82) is 0 Å². The summed E-state index contributed by atoms with van der Waals surface area (Å²) in [5, 5.41) is 0. The number of hydrogen-bond acceptors (Lipinski definition) is 1. The summed E-state index contributed by atoms with van der Waals surface area (Å²) in [5.41, 5.74) is -0.429. The minimum absolute atomic E-state index is 0.0360. The van der Waals surface area contributed by atoms with E-state index in [1.807, 2.05) is 0 Å². The molecule has 0 saturated carbocycles. The first-order chi connectivity index (χ1) is 11.6. The predicted molar refractivity (Wildman–Crippen MR) is 81.7 cm³/mol. The molecular weight excluding hydrogens is 346 g/mol. The van der Waals surface area contributed by atoms with Crippen LogP contribution in [0.1, 0.15) is 30.9 Å². The maximum absolute atomic E-state index is 13.9. The molecule has 1 aromatic rings. The number of alkyl halides is 4. The van der Waals surface area contributed by atoms with Crippen molar-refractivity contribution in [2.24, 2.45) is 0 Å². The molecule has 1 aromatic carbocycles. The summed E-state index contributed by atoms with van der Waals surface area (Å²) in [4.78, 5) is 0. The largest absolute Gasteiger partial charge is 0.491 e. The highest BCUT2D eigenvalue weighted by molar-refractivity contribution is 5.35. The van der Waals surface area contributed by atoms with Crippen LogP contribution >= 0.6 is 0 Å². The van der Waals surface area contributed by atoms with Crippen LogP contribution in [0.3, 0.4) is 0 Å². The van der Waals surface area contributed by atoms with Crippen molar-refractivity contribution >= 4 is 0 Å². The second kappa shape index (κ2) is 7.14. The zero-order chi connectivity index (χ0) is 18.8. The number of ether oxygens (including phenoxy) is 1. The van der Waals surface area contributed by atoms with Crippen molar-refractivity contribution in [2.45, 2.75) is 45.0 Å². The molecule has 0 bridgehead atoms. The van der Waals surface area contributed by atoms with Crippen molar-refractivity contribution in [1.82, 2.24) is 0 Å². The van der Waals surface area contributed by atoms with Crippen LogP contribution < -0.4 is 0 Å². The SMILES string of the molecule is CCC1=CC=C(OCCCc2ccc(C)c(F)c2F)C(F)(F)C1(F)F. The Morgan fingerprint density at radius 1 is 0.960 bits per heavy atom. The Bertz CT molecular complexity index is 706. The third kappa shape index (κ3) is 3.55. The van der Waals surface area contributed by atoms with Crippen LogP contribution in [0.5, 0.6) is 0 Å². The molecule has 0 amide bonds. The summed E-state index contributed by atoms with van der Waals surface area (Å²) in [6, 6.07) is 2.80. The van der Waals surface area contributed by atoms with Gasteiger partial charge in [-0.3, -0.25) is 0 Å². The van der Waals surface area contributed by atoms with E-state index >= 15 is 0 Å². The fourth-order valence-corrected chi connectivity index (χ4v) is 2.54. The molecule has 7 heteroatoms. The van der Waals surface area contributed by atoms with Crippen molar-refractivity contribution in [2.75, 3.05) is 6.61 Å². The Morgan fingerprint density at radius 2 is 1.64 bits per heavy atom. The van der Waals surface area contributed by atoms with Crippen molar-refractivity contribution in [3.63, 3.8) is 0 Å². The van der Waals surface area contributed by atoms with Crippen molar-refractivity contribution in [3.05, 3.63) is 58.4 Å². The Labute approximate surface area is 142 Å². The molecule has 2 rings (SSSR count). The smallest absolute Gasteiger partial charge is 0.369 e. The zero-order valence-corrected chi connectivity index (χ0v) is 13.8. The molecule has 1 aliphatic rings. The maximum atomic E-state index is 13.9. The van der Waals surface area contributed by atoms with E-state index in [1.165, 1.54) is 26.0 Å². The normalized spacial score (nSPS) is 18.6. The van der Waals surface area contributed by atoms with E-state index in [-0.39, 0.29) is 37.0 Å². The Kier molecular flexibility index (Phi) is 5.54. The molecule has 0 N–H and O–H groups in total. The molecule has 0 saturated heterocycles. The number of aryl methyl sites for hydroxylation is 2. The first-order valence-corrected chi connectivity index (χ1v) is 7.86. The second-order valence-corrected chi connectivity index (χ2v) is 5.85. The third-order valence-electron chi connectivity index (χ3n) is 4.13. The van der Waals surface area contributed by atoms with Gasteiger partial charge in [0.1, 0.15) is 0 Å². The molecule has 138 valence electrons. The monoisotopic (exact) mass is 364 g/mol. The van der Waals surface area contributed by atoms with Crippen LogP contribution in [0.4, 0.5) is 26.3 Å². The summed E-state index contributed by atoms with van der Waals surface area (Å²) in [6.07, 6.45) is 1.67. The summed E-state index contributed by atoms with van der Waals surface area (Å²) >= 11 is 0. The average Bonchev–Trinajstić information content (AvgIpc) is 2.55. The zero-order valence-electron chi connectivity index (χ0n) is 13.8. The molecule has 1 nitrogen and oxygen atoms in total. The molecule has 0 spiro atoms. The summed E-state index contributed by atoms with van der Waals surface area (Å²) in [7, 11) is 0. The molecular formula is C18H18F6O. The maximum Gasteiger partial charge on any atom is 0.369 e. The number of halogens is 6. The standard InChI is InChI=1S/C18H18F6O/c1-3-13-8-9-14(18(23,24)17(13,21)22)25-10-4-5-12-7-6-11(2)15(19)16(12)20/h6-9H,3-5,10H2,1-2H3. The van der Waals surface area contributed by atoms with E-state index in [0.29, 0.717) is 0 Å². The van der Waals surface area contributed by atoms with Gasteiger partial charge in [-0.25, -0.2) is 8.78 Å². The molecule has 0 atom stereocenters. The van der Waals surface area contributed by atoms with Gasteiger partial charge in [-0.15, -0.1) is 0 Å². The van der Waals surface area contributed by atoms with Crippen LogP contribution in [-0.2, 0) is 11.2 Å². The van der Waals surface area contributed by atoms with Gasteiger partial charge in [0.05, 0.1) is 6.61 Å². The molecule has 0 fully saturated rings. The lowest BCUT2D eigenvalue weighted by Gasteiger charge is -2.32. The molecule has 0 aliphatic heterocycles. The van der Waals surface area contributed by atoms with E-state index in [0.717, 1.165) is 12.2 Å². The molecule has 0 heterocycles. The first kappa shape index (κ1) is 19.4.